The first-order valence-electron chi connectivity index (χ1n) is 6.57. The molecule has 0 bridgehead atoms. The number of piperidine rings is 1. The van der Waals surface area contributed by atoms with Crippen molar-refractivity contribution in [3.63, 3.8) is 0 Å². The van der Waals surface area contributed by atoms with E-state index in [1.807, 2.05) is 0 Å². The van der Waals surface area contributed by atoms with Crippen molar-refractivity contribution in [3.05, 3.63) is 42.5 Å². The van der Waals surface area contributed by atoms with E-state index >= 15 is 0 Å². The Bertz CT molecular complexity index is 563. The Labute approximate surface area is 102 Å². The van der Waals surface area contributed by atoms with E-state index in [1.165, 1.54) is 29.5 Å². The van der Waals surface area contributed by atoms with Crippen LogP contribution >= 0.6 is 0 Å². The van der Waals surface area contributed by atoms with Crippen molar-refractivity contribution in [1.82, 2.24) is 0 Å². The Hall–Kier alpha value is -1.50. The third-order valence-corrected chi connectivity index (χ3v) is 4.72. The van der Waals surface area contributed by atoms with Gasteiger partial charge in [0.15, 0.2) is 0 Å². The summed E-state index contributed by atoms with van der Waals surface area (Å²) in [5.41, 5.74) is 1.41. The summed E-state index contributed by atoms with van der Waals surface area (Å²) in [4.78, 5) is 2.56. The summed E-state index contributed by atoms with van der Waals surface area (Å²) >= 11 is 0. The van der Waals surface area contributed by atoms with Crippen LogP contribution < -0.4 is 4.90 Å². The van der Waals surface area contributed by atoms with Crippen LogP contribution in [0.4, 0.5) is 5.69 Å². The van der Waals surface area contributed by atoms with Crippen LogP contribution in [0.5, 0.6) is 0 Å². The highest BCUT2D eigenvalue weighted by Crippen LogP contribution is 2.52. The highest BCUT2D eigenvalue weighted by atomic mass is 15.2. The smallest absolute Gasteiger partial charge is 0.0372 e. The van der Waals surface area contributed by atoms with Gasteiger partial charge in [0.05, 0.1) is 0 Å². The maximum atomic E-state index is 2.56. The molecule has 1 saturated carbocycles. The second-order valence-electron chi connectivity index (χ2n) is 5.62. The third-order valence-electron chi connectivity index (χ3n) is 4.72. The molecule has 1 heteroatoms. The molecule has 1 aliphatic heterocycles. The van der Waals surface area contributed by atoms with Gasteiger partial charge in [-0.05, 0) is 40.7 Å². The Balaban J connectivity index is 1.68. The summed E-state index contributed by atoms with van der Waals surface area (Å²) in [6.45, 7) is 4.93. The monoisotopic (exact) mass is 223 g/mol. The van der Waals surface area contributed by atoms with E-state index in [0.717, 1.165) is 17.8 Å². The predicted octanol–water partition coefficient (Wildman–Crippen LogP) is 3.54. The second kappa shape index (κ2) is 3.25. The van der Waals surface area contributed by atoms with Gasteiger partial charge in [-0.15, -0.1) is 0 Å². The van der Waals surface area contributed by atoms with Crippen LogP contribution in [0.15, 0.2) is 42.5 Å². The van der Waals surface area contributed by atoms with Crippen LogP contribution in [0.2, 0.25) is 0 Å². The molecule has 2 aliphatic rings. The molecule has 0 aromatic heterocycles. The molecule has 1 aliphatic carbocycles. The number of hydrogen-bond acceptors (Lipinski definition) is 1. The molecule has 1 saturated heterocycles. The first-order valence-corrected chi connectivity index (χ1v) is 6.57. The number of nitrogens with zero attached hydrogens (tertiary/aromatic N) is 1. The van der Waals surface area contributed by atoms with Crippen molar-refractivity contribution >= 4 is 16.5 Å². The highest BCUT2D eigenvalue weighted by molar-refractivity contribution is 5.85. The van der Waals surface area contributed by atoms with Gasteiger partial charge in [0.2, 0.25) is 0 Å². The van der Waals surface area contributed by atoms with Gasteiger partial charge in [-0.3, -0.25) is 0 Å². The minimum Gasteiger partial charge on any atom is -0.371 e. The van der Waals surface area contributed by atoms with Gasteiger partial charge in [-0.25, -0.2) is 0 Å². The summed E-state index contributed by atoms with van der Waals surface area (Å²) in [5, 5.41) is 2.70. The molecular weight excluding hydrogens is 206 g/mol. The lowest BCUT2D eigenvalue weighted by Crippen LogP contribution is -2.23. The van der Waals surface area contributed by atoms with Gasteiger partial charge in [0.1, 0.15) is 0 Å². The van der Waals surface area contributed by atoms with E-state index in [4.69, 9.17) is 0 Å². The van der Waals surface area contributed by atoms with Crippen molar-refractivity contribution in [2.24, 2.45) is 17.8 Å². The van der Waals surface area contributed by atoms with Gasteiger partial charge in [0.25, 0.3) is 0 Å². The highest BCUT2D eigenvalue weighted by Gasteiger charge is 2.52. The quantitative estimate of drug-likeness (QED) is 0.714. The zero-order valence-electron chi connectivity index (χ0n) is 10.1. The molecule has 86 valence electrons. The number of benzene rings is 2. The standard InChI is InChI=1S/C16H17N/c1-11-15-9-17(10-16(11)15)14-7-6-12-4-2-3-5-13(12)8-14/h2-8,11,15-16H,9-10H2,1H3. The summed E-state index contributed by atoms with van der Waals surface area (Å²) < 4.78 is 0. The van der Waals surface area contributed by atoms with E-state index in [9.17, 15) is 0 Å². The van der Waals surface area contributed by atoms with Crippen molar-refractivity contribution in [2.75, 3.05) is 18.0 Å². The minimum atomic E-state index is 0.974. The van der Waals surface area contributed by atoms with Gasteiger partial charge < -0.3 is 4.90 Å². The molecule has 2 fully saturated rings. The van der Waals surface area contributed by atoms with Gasteiger partial charge >= 0.3 is 0 Å². The minimum absolute atomic E-state index is 0.974. The molecular formula is C16H17N. The van der Waals surface area contributed by atoms with Crippen LogP contribution in [0.1, 0.15) is 6.92 Å². The van der Waals surface area contributed by atoms with Crippen LogP contribution in [-0.4, -0.2) is 13.1 Å². The fourth-order valence-corrected chi connectivity index (χ4v) is 3.41. The van der Waals surface area contributed by atoms with Crippen molar-refractivity contribution < 1.29 is 0 Å². The van der Waals surface area contributed by atoms with Crippen LogP contribution in [-0.2, 0) is 0 Å². The molecule has 2 atom stereocenters. The second-order valence-corrected chi connectivity index (χ2v) is 5.62. The molecule has 2 aromatic carbocycles. The number of hydrogen-bond donors (Lipinski definition) is 0. The Morgan fingerprint density at radius 3 is 2.41 bits per heavy atom. The van der Waals surface area contributed by atoms with Crippen LogP contribution in [0.3, 0.4) is 0 Å². The molecule has 17 heavy (non-hydrogen) atoms. The average Bonchev–Trinajstić information content (AvgIpc) is 2.81. The number of rotatable bonds is 1. The maximum absolute atomic E-state index is 2.56. The van der Waals surface area contributed by atoms with E-state index in [0.29, 0.717) is 0 Å². The molecule has 2 aromatic rings. The Morgan fingerprint density at radius 2 is 1.65 bits per heavy atom. The summed E-state index contributed by atoms with van der Waals surface area (Å²) in [6.07, 6.45) is 0. The summed E-state index contributed by atoms with van der Waals surface area (Å²) in [7, 11) is 0. The molecule has 4 rings (SSSR count). The predicted molar refractivity (Wildman–Crippen MR) is 72.3 cm³/mol. The first kappa shape index (κ1) is 9.52. The fraction of sp³-hybridized carbons (Fsp3) is 0.375. The van der Waals surface area contributed by atoms with Gasteiger partial charge in [0, 0.05) is 18.8 Å². The maximum Gasteiger partial charge on any atom is 0.0372 e. The van der Waals surface area contributed by atoms with Gasteiger partial charge in [-0.1, -0.05) is 37.3 Å². The number of anilines is 1. The number of fused-ring (bicyclic) bond motifs is 2. The zero-order chi connectivity index (χ0) is 11.4. The normalized spacial score (nSPS) is 30.6. The SMILES string of the molecule is CC1C2CN(c3ccc4ccccc4c3)CC12. The molecule has 0 radical (unpaired) electrons. The molecule has 1 nitrogen and oxygen atoms in total. The Kier molecular flexibility index (Phi) is 1.82. The average molecular weight is 223 g/mol. The molecule has 2 unspecified atom stereocenters. The lowest BCUT2D eigenvalue weighted by atomic mass is 10.1. The lowest BCUT2D eigenvalue weighted by molar-refractivity contribution is 0.690. The third kappa shape index (κ3) is 1.38. The molecule has 0 amide bonds. The summed E-state index contributed by atoms with van der Waals surface area (Å²) in [6, 6.07) is 15.5. The van der Waals surface area contributed by atoms with Crippen LogP contribution in [0.25, 0.3) is 10.8 Å². The molecule has 0 N–H and O–H groups in total. The van der Waals surface area contributed by atoms with Crippen molar-refractivity contribution in [2.45, 2.75) is 6.92 Å². The van der Waals surface area contributed by atoms with Crippen LogP contribution in [0, 0.1) is 17.8 Å². The van der Waals surface area contributed by atoms with E-state index in [-0.39, 0.29) is 0 Å². The van der Waals surface area contributed by atoms with E-state index < -0.39 is 0 Å². The molecule has 0 spiro atoms. The topological polar surface area (TPSA) is 3.24 Å². The summed E-state index contributed by atoms with van der Waals surface area (Å²) in [5.74, 6) is 2.93. The van der Waals surface area contributed by atoms with E-state index in [2.05, 4.69) is 54.3 Å². The first-order chi connectivity index (χ1) is 8.33. The van der Waals surface area contributed by atoms with Gasteiger partial charge in [-0.2, -0.15) is 0 Å². The Morgan fingerprint density at radius 1 is 0.941 bits per heavy atom. The lowest BCUT2D eigenvalue weighted by Gasteiger charge is -2.21. The van der Waals surface area contributed by atoms with Crippen molar-refractivity contribution in [3.8, 4) is 0 Å². The fourth-order valence-electron chi connectivity index (χ4n) is 3.41. The molecule has 1 heterocycles. The largest absolute Gasteiger partial charge is 0.371 e. The zero-order valence-corrected chi connectivity index (χ0v) is 10.1. The van der Waals surface area contributed by atoms with E-state index in [1.54, 1.807) is 0 Å². The van der Waals surface area contributed by atoms with Crippen molar-refractivity contribution in [1.29, 1.82) is 0 Å².